The van der Waals surface area contributed by atoms with E-state index in [-0.39, 0.29) is 5.69 Å². The summed E-state index contributed by atoms with van der Waals surface area (Å²) in [5.74, 6) is 0.656. The molecule has 2 rings (SSSR count). The van der Waals surface area contributed by atoms with Crippen LogP contribution in [0.25, 0.3) is 0 Å². The molecule has 0 atom stereocenters. The second kappa shape index (κ2) is 5.83. The lowest BCUT2D eigenvalue weighted by Crippen LogP contribution is -2.41. The van der Waals surface area contributed by atoms with Crippen molar-refractivity contribution in [2.45, 2.75) is 38.8 Å². The Morgan fingerprint density at radius 2 is 2.32 bits per heavy atom. The summed E-state index contributed by atoms with van der Waals surface area (Å²) < 4.78 is 6.14. The third-order valence-corrected chi connectivity index (χ3v) is 4.24. The van der Waals surface area contributed by atoms with Gasteiger partial charge in [0.2, 0.25) is 0 Å². The van der Waals surface area contributed by atoms with Crippen LogP contribution in [0.15, 0.2) is 10.7 Å². The van der Waals surface area contributed by atoms with Crippen LogP contribution in [0.5, 0.6) is 0 Å². The lowest BCUT2D eigenvalue weighted by molar-refractivity contribution is -0.385. The van der Waals surface area contributed by atoms with Crippen molar-refractivity contribution in [2.24, 2.45) is 0 Å². The van der Waals surface area contributed by atoms with Gasteiger partial charge in [-0.15, -0.1) is 0 Å². The first-order chi connectivity index (χ1) is 9.02. The third-order valence-electron chi connectivity index (χ3n) is 3.27. The van der Waals surface area contributed by atoms with Gasteiger partial charge in [-0.1, -0.05) is 0 Å². The van der Waals surface area contributed by atoms with Gasteiger partial charge in [0.25, 0.3) is 5.69 Å². The summed E-state index contributed by atoms with van der Waals surface area (Å²) in [5.41, 5.74) is 0.612. The lowest BCUT2D eigenvalue weighted by atomic mass is 9.89. The molecule has 0 unspecified atom stereocenters. The maximum atomic E-state index is 10.8. The Morgan fingerprint density at radius 1 is 1.63 bits per heavy atom. The Morgan fingerprint density at radius 3 is 2.89 bits per heavy atom. The Hall–Kier alpha value is -1.21. The average molecular weight is 330 g/mol. The summed E-state index contributed by atoms with van der Waals surface area (Å²) in [6.07, 6.45) is 3.50. The zero-order valence-electron chi connectivity index (χ0n) is 10.9. The van der Waals surface area contributed by atoms with Crippen LogP contribution in [0.2, 0.25) is 0 Å². The largest absolute Gasteiger partial charge is 0.378 e. The highest BCUT2D eigenvalue weighted by atomic mass is 79.9. The second-order valence-corrected chi connectivity index (χ2v) is 5.37. The molecule has 0 saturated heterocycles. The van der Waals surface area contributed by atoms with Crippen molar-refractivity contribution in [3.8, 4) is 0 Å². The van der Waals surface area contributed by atoms with Crippen molar-refractivity contribution in [1.82, 2.24) is 4.98 Å². The molecule has 0 radical (unpaired) electrons. The highest BCUT2D eigenvalue weighted by Crippen LogP contribution is 2.33. The van der Waals surface area contributed by atoms with Crippen LogP contribution < -0.4 is 5.32 Å². The highest BCUT2D eigenvalue weighted by molar-refractivity contribution is 9.10. The average Bonchev–Trinajstić information content (AvgIpc) is 2.31. The van der Waals surface area contributed by atoms with Gasteiger partial charge in [0.15, 0.2) is 0 Å². The number of halogens is 1. The molecule has 0 aliphatic heterocycles. The fraction of sp³-hybridized carbons (Fsp3) is 0.583. The van der Waals surface area contributed by atoms with Crippen LogP contribution in [-0.2, 0) is 4.74 Å². The number of pyridine rings is 1. The molecular formula is C12H16BrN3O3. The molecule has 0 amide bonds. The van der Waals surface area contributed by atoms with E-state index in [4.69, 9.17) is 4.74 Å². The maximum absolute atomic E-state index is 10.8. The number of hydrogen-bond acceptors (Lipinski definition) is 5. The predicted molar refractivity (Wildman–Crippen MR) is 75.4 cm³/mol. The number of rotatable bonds is 5. The minimum absolute atomic E-state index is 0.0261. The van der Waals surface area contributed by atoms with Crippen LogP contribution in [-0.4, -0.2) is 28.7 Å². The Kier molecular flexibility index (Phi) is 4.36. The number of aromatic nitrogens is 1. The molecule has 19 heavy (non-hydrogen) atoms. The molecule has 7 heteroatoms. The molecule has 1 aromatic heterocycles. The first-order valence-electron chi connectivity index (χ1n) is 6.20. The molecule has 1 heterocycles. The molecule has 1 aromatic rings. The summed E-state index contributed by atoms with van der Waals surface area (Å²) in [5, 5.41) is 14.1. The van der Waals surface area contributed by atoms with E-state index in [0.29, 0.717) is 28.0 Å². The summed E-state index contributed by atoms with van der Waals surface area (Å²) in [6.45, 7) is 4.42. The molecule has 0 aromatic carbocycles. The summed E-state index contributed by atoms with van der Waals surface area (Å²) >= 11 is 3.37. The monoisotopic (exact) mass is 329 g/mol. The van der Waals surface area contributed by atoms with Crippen molar-refractivity contribution in [3.05, 3.63) is 26.3 Å². The van der Waals surface area contributed by atoms with Gasteiger partial charge in [0.05, 0.1) is 15.5 Å². The predicted octanol–water partition coefficient (Wildman–Crippen LogP) is 3.04. The molecule has 1 fully saturated rings. The van der Waals surface area contributed by atoms with Crippen LogP contribution in [0.4, 0.5) is 11.5 Å². The van der Waals surface area contributed by atoms with E-state index in [1.165, 1.54) is 6.20 Å². The minimum atomic E-state index is -0.425. The number of hydrogen-bond donors (Lipinski definition) is 1. The zero-order valence-corrected chi connectivity index (χ0v) is 12.4. The first-order valence-corrected chi connectivity index (χ1v) is 6.99. The minimum Gasteiger partial charge on any atom is -0.378 e. The van der Waals surface area contributed by atoms with Gasteiger partial charge >= 0.3 is 0 Å². The molecule has 6 nitrogen and oxygen atoms in total. The van der Waals surface area contributed by atoms with Crippen molar-refractivity contribution >= 4 is 27.4 Å². The van der Waals surface area contributed by atoms with Gasteiger partial charge in [-0.3, -0.25) is 10.1 Å². The Labute approximate surface area is 119 Å². The Bertz CT molecular complexity index is 489. The fourth-order valence-electron chi connectivity index (χ4n) is 2.10. The van der Waals surface area contributed by atoms with Crippen molar-refractivity contribution in [2.75, 3.05) is 11.9 Å². The molecule has 0 bridgehead atoms. The van der Waals surface area contributed by atoms with Gasteiger partial charge in [0.1, 0.15) is 12.0 Å². The van der Waals surface area contributed by atoms with Gasteiger partial charge in [0, 0.05) is 18.2 Å². The van der Waals surface area contributed by atoms with Gasteiger partial charge in [-0.2, -0.15) is 0 Å². The normalized spacial score (nSPS) is 21.8. The van der Waals surface area contributed by atoms with E-state index in [2.05, 4.69) is 26.2 Å². The van der Waals surface area contributed by atoms with E-state index >= 15 is 0 Å². The SMILES string of the molecule is CCOC1CC(Nc2ncc([N+](=O)[O-])c(C)c2Br)C1. The lowest BCUT2D eigenvalue weighted by Gasteiger charge is -2.35. The second-order valence-electron chi connectivity index (χ2n) is 4.58. The van der Waals surface area contributed by atoms with Crippen molar-refractivity contribution in [3.63, 3.8) is 0 Å². The number of nitrogens with one attached hydrogen (secondary N) is 1. The fourth-order valence-corrected chi connectivity index (χ4v) is 2.52. The van der Waals surface area contributed by atoms with E-state index in [9.17, 15) is 10.1 Å². The first kappa shape index (κ1) is 14.2. The number of nitro groups is 1. The topological polar surface area (TPSA) is 77.3 Å². The summed E-state index contributed by atoms with van der Waals surface area (Å²) in [6, 6.07) is 0.321. The van der Waals surface area contributed by atoms with Gasteiger partial charge in [-0.05, 0) is 42.6 Å². The molecule has 1 N–H and O–H groups in total. The number of anilines is 1. The molecule has 1 aliphatic rings. The third kappa shape index (κ3) is 3.03. The van der Waals surface area contributed by atoms with E-state index in [0.717, 1.165) is 19.4 Å². The van der Waals surface area contributed by atoms with E-state index in [1.54, 1.807) is 6.92 Å². The Balaban J connectivity index is 2.03. The number of ether oxygens (including phenoxy) is 1. The molecule has 0 spiro atoms. The van der Waals surface area contributed by atoms with E-state index < -0.39 is 4.92 Å². The van der Waals surface area contributed by atoms with Crippen LogP contribution in [0, 0.1) is 17.0 Å². The van der Waals surface area contributed by atoms with Crippen LogP contribution >= 0.6 is 15.9 Å². The zero-order chi connectivity index (χ0) is 14.0. The maximum Gasteiger partial charge on any atom is 0.291 e. The smallest absolute Gasteiger partial charge is 0.291 e. The van der Waals surface area contributed by atoms with Crippen molar-refractivity contribution < 1.29 is 9.66 Å². The number of nitrogens with zero attached hydrogens (tertiary/aromatic N) is 2. The quantitative estimate of drug-likeness (QED) is 0.663. The standard InChI is InChI=1S/C12H16BrN3O3/c1-3-19-9-4-8(5-9)15-12-11(13)7(2)10(6-14-12)16(17)18/h6,8-9H,3-5H2,1-2H3,(H,14,15). The summed E-state index contributed by atoms with van der Waals surface area (Å²) in [4.78, 5) is 14.5. The van der Waals surface area contributed by atoms with Gasteiger partial charge in [-0.25, -0.2) is 4.98 Å². The van der Waals surface area contributed by atoms with Crippen LogP contribution in [0.1, 0.15) is 25.3 Å². The summed E-state index contributed by atoms with van der Waals surface area (Å²) in [7, 11) is 0. The molecular weight excluding hydrogens is 314 g/mol. The molecule has 104 valence electrons. The van der Waals surface area contributed by atoms with Crippen molar-refractivity contribution in [1.29, 1.82) is 0 Å². The highest BCUT2D eigenvalue weighted by Gasteiger charge is 2.30. The van der Waals surface area contributed by atoms with Gasteiger partial charge < -0.3 is 10.1 Å². The molecule has 1 saturated carbocycles. The van der Waals surface area contributed by atoms with E-state index in [1.807, 2.05) is 6.92 Å². The van der Waals surface area contributed by atoms with Crippen LogP contribution in [0.3, 0.4) is 0 Å². The molecule has 1 aliphatic carbocycles.